The molecule has 0 bridgehead atoms. The minimum absolute atomic E-state index is 0.160. The fourth-order valence-corrected chi connectivity index (χ4v) is 2.59. The van der Waals surface area contributed by atoms with Crippen LogP contribution in [0.25, 0.3) is 0 Å². The van der Waals surface area contributed by atoms with E-state index in [1.54, 1.807) is 11.1 Å². The summed E-state index contributed by atoms with van der Waals surface area (Å²) in [5.41, 5.74) is 0.915. The molecule has 0 saturated carbocycles. The Morgan fingerprint density at radius 2 is 2.27 bits per heavy atom. The summed E-state index contributed by atoms with van der Waals surface area (Å²) in [5, 5.41) is 0. The highest BCUT2D eigenvalue weighted by molar-refractivity contribution is 9.10. The second-order valence-electron chi connectivity index (χ2n) is 5.56. The summed E-state index contributed by atoms with van der Waals surface area (Å²) < 4.78 is 6.18. The van der Waals surface area contributed by atoms with Gasteiger partial charge in [-0.3, -0.25) is 0 Å². The number of unbranched alkanes of at least 4 members (excludes halogenated alkanes) is 1. The van der Waals surface area contributed by atoms with E-state index in [-0.39, 0.29) is 12.1 Å². The van der Waals surface area contributed by atoms with Gasteiger partial charge in [-0.15, -0.1) is 0 Å². The van der Waals surface area contributed by atoms with Gasteiger partial charge in [0.15, 0.2) is 0 Å². The number of rotatable bonds is 4. The Balaban J connectivity index is 1.94. The summed E-state index contributed by atoms with van der Waals surface area (Å²) in [6.07, 6.45) is 3.49. The van der Waals surface area contributed by atoms with Crippen molar-refractivity contribution in [2.75, 3.05) is 31.1 Å². The zero-order valence-corrected chi connectivity index (χ0v) is 15.0. The van der Waals surface area contributed by atoms with Crippen molar-refractivity contribution >= 4 is 28.0 Å². The van der Waals surface area contributed by atoms with Gasteiger partial charge in [-0.2, -0.15) is 0 Å². The van der Waals surface area contributed by atoms with Gasteiger partial charge in [-0.05, 0) is 36.2 Å². The number of aryl methyl sites for hydroxylation is 1. The van der Waals surface area contributed by atoms with E-state index < -0.39 is 0 Å². The van der Waals surface area contributed by atoms with Crippen LogP contribution in [0.5, 0.6) is 0 Å². The van der Waals surface area contributed by atoms with Crippen LogP contribution in [0.1, 0.15) is 32.4 Å². The van der Waals surface area contributed by atoms with Crippen LogP contribution in [0.15, 0.2) is 10.7 Å². The highest BCUT2D eigenvalue weighted by Crippen LogP contribution is 2.20. The van der Waals surface area contributed by atoms with Crippen LogP contribution < -0.4 is 4.90 Å². The molecule has 1 aromatic rings. The third-order valence-corrected chi connectivity index (χ3v) is 4.55. The third-order valence-electron chi connectivity index (χ3n) is 3.77. The van der Waals surface area contributed by atoms with Crippen LogP contribution in [0.2, 0.25) is 0 Å². The second-order valence-corrected chi connectivity index (χ2v) is 6.41. The number of nitrogens with zero attached hydrogens (tertiary/aromatic N) is 4. The number of hydrogen-bond donors (Lipinski definition) is 0. The Bertz CT molecular complexity index is 526. The van der Waals surface area contributed by atoms with Crippen LogP contribution in [-0.2, 0) is 4.74 Å². The maximum Gasteiger partial charge on any atom is 0.409 e. The van der Waals surface area contributed by atoms with E-state index in [9.17, 15) is 4.79 Å². The third kappa shape index (κ3) is 4.09. The van der Waals surface area contributed by atoms with E-state index in [2.05, 4.69) is 44.6 Å². The molecule has 1 fully saturated rings. The lowest BCUT2D eigenvalue weighted by Crippen LogP contribution is -2.54. The highest BCUT2D eigenvalue weighted by atomic mass is 79.9. The highest BCUT2D eigenvalue weighted by Gasteiger charge is 2.29. The molecule has 0 radical (unpaired) electrons. The van der Waals surface area contributed by atoms with Crippen LogP contribution in [0, 0.1) is 6.92 Å². The van der Waals surface area contributed by atoms with Gasteiger partial charge < -0.3 is 14.5 Å². The minimum Gasteiger partial charge on any atom is -0.449 e. The van der Waals surface area contributed by atoms with E-state index in [1.165, 1.54) is 0 Å². The molecular formula is C15H23BrN4O2. The lowest BCUT2D eigenvalue weighted by Gasteiger charge is -2.39. The molecule has 1 aliphatic rings. The van der Waals surface area contributed by atoms with E-state index in [4.69, 9.17) is 4.74 Å². The van der Waals surface area contributed by atoms with Crippen molar-refractivity contribution in [2.24, 2.45) is 0 Å². The van der Waals surface area contributed by atoms with Crippen molar-refractivity contribution in [1.82, 2.24) is 14.9 Å². The summed E-state index contributed by atoms with van der Waals surface area (Å²) in [6, 6.07) is 0.160. The maximum atomic E-state index is 12.0. The summed E-state index contributed by atoms with van der Waals surface area (Å²) in [5.74, 6) is 0.715. The Labute approximate surface area is 140 Å². The quantitative estimate of drug-likeness (QED) is 0.762. The lowest BCUT2D eigenvalue weighted by molar-refractivity contribution is 0.0943. The zero-order valence-electron chi connectivity index (χ0n) is 13.4. The molecule has 1 atom stereocenters. The van der Waals surface area contributed by atoms with E-state index >= 15 is 0 Å². The first-order valence-corrected chi connectivity index (χ1v) is 8.49. The SMILES string of the molecule is CCCCOC(=O)N1CCN(c2ncc(Br)c(C)n2)C(C)C1. The Morgan fingerprint density at radius 1 is 1.50 bits per heavy atom. The molecule has 0 spiro atoms. The predicted molar refractivity (Wildman–Crippen MR) is 89.1 cm³/mol. The number of carbonyl (C=O) groups is 1. The molecule has 0 N–H and O–H groups in total. The van der Waals surface area contributed by atoms with Gasteiger partial charge in [0.05, 0.1) is 16.8 Å². The number of hydrogen-bond acceptors (Lipinski definition) is 5. The van der Waals surface area contributed by atoms with Gasteiger partial charge in [0.25, 0.3) is 0 Å². The first-order valence-electron chi connectivity index (χ1n) is 7.70. The number of aromatic nitrogens is 2. The first kappa shape index (κ1) is 17.0. The Kier molecular flexibility index (Phi) is 5.99. The van der Waals surface area contributed by atoms with Crippen molar-refractivity contribution in [2.45, 2.75) is 39.7 Å². The van der Waals surface area contributed by atoms with Crippen LogP contribution in [0.3, 0.4) is 0 Å². The normalized spacial score (nSPS) is 18.5. The lowest BCUT2D eigenvalue weighted by atomic mass is 10.2. The predicted octanol–water partition coefficient (Wildman–Crippen LogP) is 2.99. The van der Waals surface area contributed by atoms with Crippen LogP contribution in [-0.4, -0.2) is 53.2 Å². The van der Waals surface area contributed by atoms with E-state index in [1.807, 2.05) is 6.92 Å². The fourth-order valence-electron chi connectivity index (χ4n) is 2.39. The topological polar surface area (TPSA) is 58.6 Å². The molecule has 1 amide bonds. The molecule has 1 aliphatic heterocycles. The molecule has 0 aromatic carbocycles. The molecule has 22 heavy (non-hydrogen) atoms. The monoisotopic (exact) mass is 370 g/mol. The van der Waals surface area contributed by atoms with Gasteiger partial charge in [-0.1, -0.05) is 13.3 Å². The molecule has 6 nitrogen and oxygen atoms in total. The number of halogens is 1. The Hall–Kier alpha value is -1.37. The first-order chi connectivity index (χ1) is 10.5. The number of amides is 1. The molecule has 2 heterocycles. The minimum atomic E-state index is -0.215. The average Bonchev–Trinajstić information content (AvgIpc) is 2.50. The second kappa shape index (κ2) is 7.76. The average molecular weight is 371 g/mol. The van der Waals surface area contributed by atoms with Gasteiger partial charge in [-0.25, -0.2) is 14.8 Å². The van der Waals surface area contributed by atoms with Crippen molar-refractivity contribution < 1.29 is 9.53 Å². The molecule has 0 aliphatic carbocycles. The number of anilines is 1. The maximum absolute atomic E-state index is 12.0. The summed E-state index contributed by atoms with van der Waals surface area (Å²) >= 11 is 3.41. The van der Waals surface area contributed by atoms with Gasteiger partial charge >= 0.3 is 6.09 Å². The Morgan fingerprint density at radius 3 is 2.91 bits per heavy atom. The smallest absolute Gasteiger partial charge is 0.409 e. The summed E-state index contributed by atoms with van der Waals surface area (Å²) in [4.78, 5) is 24.8. The molecule has 2 rings (SSSR count). The number of carbonyl (C=O) groups excluding carboxylic acids is 1. The van der Waals surface area contributed by atoms with Gasteiger partial charge in [0.2, 0.25) is 5.95 Å². The standard InChI is InChI=1S/C15H23BrN4O2/c1-4-5-8-22-15(21)19-6-7-20(11(2)10-19)14-17-9-13(16)12(3)18-14/h9,11H,4-8,10H2,1-3H3. The van der Waals surface area contributed by atoms with Crippen LogP contribution >= 0.6 is 15.9 Å². The van der Waals surface area contributed by atoms with Crippen molar-refractivity contribution in [1.29, 1.82) is 0 Å². The molecule has 122 valence electrons. The van der Waals surface area contributed by atoms with Crippen molar-refractivity contribution in [3.05, 3.63) is 16.4 Å². The summed E-state index contributed by atoms with van der Waals surface area (Å²) in [7, 11) is 0. The molecule has 1 aromatic heterocycles. The number of piperazine rings is 1. The molecular weight excluding hydrogens is 348 g/mol. The number of ether oxygens (including phenoxy) is 1. The molecule has 7 heteroatoms. The van der Waals surface area contributed by atoms with E-state index in [0.717, 1.165) is 23.0 Å². The van der Waals surface area contributed by atoms with Crippen molar-refractivity contribution in [3.63, 3.8) is 0 Å². The van der Waals surface area contributed by atoms with Gasteiger partial charge in [0.1, 0.15) is 0 Å². The van der Waals surface area contributed by atoms with Crippen LogP contribution in [0.4, 0.5) is 10.7 Å². The van der Waals surface area contributed by atoms with E-state index in [0.29, 0.717) is 32.2 Å². The fraction of sp³-hybridized carbons (Fsp3) is 0.667. The molecule has 1 saturated heterocycles. The summed E-state index contributed by atoms with van der Waals surface area (Å²) in [6.45, 7) is 8.57. The molecule has 1 unspecified atom stereocenters. The zero-order chi connectivity index (χ0) is 16.1. The largest absolute Gasteiger partial charge is 0.449 e. The van der Waals surface area contributed by atoms with Gasteiger partial charge in [0, 0.05) is 31.9 Å². The van der Waals surface area contributed by atoms with Crippen molar-refractivity contribution in [3.8, 4) is 0 Å².